The van der Waals surface area contributed by atoms with Crippen LogP contribution in [0, 0.1) is 5.92 Å². The number of hydrogen-bond acceptors (Lipinski definition) is 2. The van der Waals surface area contributed by atoms with Gasteiger partial charge < -0.3 is 9.64 Å². The second kappa shape index (κ2) is 4.91. The molecule has 0 aromatic rings. The van der Waals surface area contributed by atoms with Gasteiger partial charge in [0.05, 0.1) is 0 Å². The van der Waals surface area contributed by atoms with Crippen LogP contribution in [0.4, 0.5) is 4.79 Å². The van der Waals surface area contributed by atoms with E-state index in [1.165, 1.54) is 6.32 Å². The van der Waals surface area contributed by atoms with Gasteiger partial charge in [0, 0.05) is 13.1 Å². The summed E-state index contributed by atoms with van der Waals surface area (Å²) in [7, 11) is 2.22. The van der Waals surface area contributed by atoms with Gasteiger partial charge in [0.15, 0.2) is 0 Å². The number of ether oxygens (including phenoxy) is 1. The van der Waals surface area contributed by atoms with Gasteiger partial charge in [0.1, 0.15) is 13.4 Å². The van der Waals surface area contributed by atoms with Crippen molar-refractivity contribution in [3.63, 3.8) is 0 Å². The number of piperidine rings is 1. The first kappa shape index (κ1) is 12.4. The largest absolute Gasteiger partial charge is 0.444 e. The highest BCUT2D eigenvalue weighted by Crippen LogP contribution is 2.21. The molecule has 3 nitrogen and oxygen atoms in total. The van der Waals surface area contributed by atoms with Crippen LogP contribution in [-0.4, -0.2) is 37.5 Å². The van der Waals surface area contributed by atoms with E-state index in [4.69, 9.17) is 4.74 Å². The summed E-state index contributed by atoms with van der Waals surface area (Å²) >= 11 is 0. The maximum atomic E-state index is 11.7. The lowest BCUT2D eigenvalue weighted by molar-refractivity contribution is 0.0190. The summed E-state index contributed by atoms with van der Waals surface area (Å²) in [5.74, 6) is 0.795. The van der Waals surface area contributed by atoms with Crippen LogP contribution in [0.5, 0.6) is 0 Å². The molecule has 0 unspecified atom stereocenters. The SMILES string of the molecule is BCC1CCN(C(=O)OC(C)(C)C)CC1. The van der Waals surface area contributed by atoms with E-state index in [0.717, 1.165) is 31.8 Å². The highest BCUT2D eigenvalue weighted by molar-refractivity contribution is 6.08. The Bertz CT molecular complexity index is 217. The summed E-state index contributed by atoms with van der Waals surface area (Å²) in [4.78, 5) is 13.5. The zero-order valence-corrected chi connectivity index (χ0v) is 10.4. The molecule has 0 spiro atoms. The van der Waals surface area contributed by atoms with E-state index in [1.807, 2.05) is 25.7 Å². The van der Waals surface area contributed by atoms with E-state index < -0.39 is 0 Å². The molecule has 86 valence electrons. The standard InChI is InChI=1S/C11H22BNO2/c1-11(2,3)15-10(14)13-6-4-9(8-12)5-7-13/h9H,4-8,12H2,1-3H3. The summed E-state index contributed by atoms with van der Waals surface area (Å²) in [5.41, 5.74) is -0.376. The van der Waals surface area contributed by atoms with Gasteiger partial charge in [-0.1, -0.05) is 6.32 Å². The average Bonchev–Trinajstić information content (AvgIpc) is 2.15. The molecule has 1 fully saturated rings. The van der Waals surface area contributed by atoms with Gasteiger partial charge in [-0.2, -0.15) is 0 Å². The lowest BCUT2D eigenvalue weighted by Gasteiger charge is -2.33. The number of likely N-dealkylation sites (tertiary alicyclic amines) is 1. The zero-order valence-electron chi connectivity index (χ0n) is 10.4. The quantitative estimate of drug-likeness (QED) is 0.617. The highest BCUT2D eigenvalue weighted by atomic mass is 16.6. The molecule has 0 aromatic heterocycles. The van der Waals surface area contributed by atoms with Crippen LogP contribution in [0.25, 0.3) is 0 Å². The van der Waals surface area contributed by atoms with Crippen molar-refractivity contribution in [2.24, 2.45) is 5.92 Å². The van der Waals surface area contributed by atoms with Crippen molar-refractivity contribution in [3.8, 4) is 0 Å². The average molecular weight is 211 g/mol. The van der Waals surface area contributed by atoms with Gasteiger partial charge in [-0.15, -0.1) is 0 Å². The van der Waals surface area contributed by atoms with Crippen LogP contribution in [0.3, 0.4) is 0 Å². The van der Waals surface area contributed by atoms with E-state index >= 15 is 0 Å². The fourth-order valence-corrected chi connectivity index (χ4v) is 1.85. The molecule has 0 atom stereocenters. The molecule has 1 aliphatic heterocycles. The summed E-state index contributed by atoms with van der Waals surface area (Å²) in [5, 5.41) is 0. The number of amides is 1. The van der Waals surface area contributed by atoms with E-state index in [-0.39, 0.29) is 11.7 Å². The fraction of sp³-hybridized carbons (Fsp3) is 0.909. The molecule has 4 heteroatoms. The minimum atomic E-state index is -0.376. The summed E-state index contributed by atoms with van der Waals surface area (Å²) < 4.78 is 5.33. The Morgan fingerprint density at radius 1 is 1.40 bits per heavy atom. The van der Waals surface area contributed by atoms with Crippen LogP contribution < -0.4 is 0 Å². The second-order valence-electron chi connectivity index (χ2n) is 5.32. The van der Waals surface area contributed by atoms with E-state index in [9.17, 15) is 4.79 Å². The van der Waals surface area contributed by atoms with Crippen molar-refractivity contribution >= 4 is 13.9 Å². The minimum Gasteiger partial charge on any atom is -0.444 e. The Balaban J connectivity index is 2.37. The predicted octanol–water partition coefficient (Wildman–Crippen LogP) is 1.68. The first-order valence-corrected chi connectivity index (χ1v) is 5.90. The Morgan fingerprint density at radius 2 is 1.93 bits per heavy atom. The van der Waals surface area contributed by atoms with Gasteiger partial charge in [-0.05, 0) is 39.5 Å². The van der Waals surface area contributed by atoms with E-state index in [2.05, 4.69) is 7.85 Å². The van der Waals surface area contributed by atoms with Gasteiger partial charge in [0.2, 0.25) is 0 Å². The van der Waals surface area contributed by atoms with Gasteiger partial charge in [0.25, 0.3) is 0 Å². The molecule has 1 saturated heterocycles. The van der Waals surface area contributed by atoms with Crippen molar-refractivity contribution in [2.75, 3.05) is 13.1 Å². The molecule has 0 aromatic carbocycles. The maximum absolute atomic E-state index is 11.7. The van der Waals surface area contributed by atoms with Crippen molar-refractivity contribution in [1.82, 2.24) is 4.90 Å². The molecular weight excluding hydrogens is 189 g/mol. The summed E-state index contributed by atoms with van der Waals surface area (Å²) in [6.07, 6.45) is 3.31. The lowest BCUT2D eigenvalue weighted by atomic mass is 9.84. The molecule has 0 bridgehead atoms. The van der Waals surface area contributed by atoms with E-state index in [0.29, 0.717) is 0 Å². The molecule has 1 rings (SSSR count). The third-order valence-corrected chi connectivity index (χ3v) is 2.84. The van der Waals surface area contributed by atoms with E-state index in [1.54, 1.807) is 0 Å². The zero-order chi connectivity index (χ0) is 11.5. The Kier molecular flexibility index (Phi) is 4.06. The van der Waals surface area contributed by atoms with Crippen molar-refractivity contribution in [3.05, 3.63) is 0 Å². The van der Waals surface area contributed by atoms with Crippen molar-refractivity contribution in [1.29, 1.82) is 0 Å². The molecule has 15 heavy (non-hydrogen) atoms. The summed E-state index contributed by atoms with van der Waals surface area (Å²) in [6.45, 7) is 7.43. The summed E-state index contributed by atoms with van der Waals surface area (Å²) in [6, 6.07) is 0. The number of hydrogen-bond donors (Lipinski definition) is 0. The molecule has 0 aliphatic carbocycles. The lowest BCUT2D eigenvalue weighted by Crippen LogP contribution is -2.41. The van der Waals surface area contributed by atoms with Crippen LogP contribution in [-0.2, 0) is 4.74 Å². The number of rotatable bonds is 1. The molecule has 1 aliphatic rings. The van der Waals surface area contributed by atoms with Gasteiger partial charge >= 0.3 is 6.09 Å². The van der Waals surface area contributed by atoms with Crippen LogP contribution >= 0.6 is 0 Å². The number of nitrogens with zero attached hydrogens (tertiary/aromatic N) is 1. The Hall–Kier alpha value is -0.665. The van der Waals surface area contributed by atoms with Crippen LogP contribution in [0.1, 0.15) is 33.6 Å². The molecule has 0 radical (unpaired) electrons. The molecular formula is C11H22BNO2. The Labute approximate surface area is 93.6 Å². The first-order valence-electron chi connectivity index (χ1n) is 5.90. The molecule has 0 N–H and O–H groups in total. The van der Waals surface area contributed by atoms with Gasteiger partial charge in [-0.25, -0.2) is 4.79 Å². The Morgan fingerprint density at radius 3 is 2.33 bits per heavy atom. The number of carbonyl (C=O) groups is 1. The van der Waals surface area contributed by atoms with Crippen LogP contribution in [0.2, 0.25) is 6.32 Å². The molecule has 1 heterocycles. The molecule has 1 amide bonds. The molecule has 0 saturated carbocycles. The third-order valence-electron chi connectivity index (χ3n) is 2.84. The maximum Gasteiger partial charge on any atom is 0.410 e. The van der Waals surface area contributed by atoms with Crippen LogP contribution in [0.15, 0.2) is 0 Å². The smallest absolute Gasteiger partial charge is 0.410 e. The highest BCUT2D eigenvalue weighted by Gasteiger charge is 2.25. The number of carbonyl (C=O) groups excluding carboxylic acids is 1. The third kappa shape index (κ3) is 4.14. The van der Waals surface area contributed by atoms with Crippen molar-refractivity contribution < 1.29 is 9.53 Å². The van der Waals surface area contributed by atoms with Gasteiger partial charge in [-0.3, -0.25) is 0 Å². The minimum absolute atomic E-state index is 0.156. The predicted molar refractivity (Wildman–Crippen MR) is 63.9 cm³/mol. The monoisotopic (exact) mass is 211 g/mol. The first-order chi connectivity index (χ1) is 6.92. The second-order valence-corrected chi connectivity index (χ2v) is 5.32. The topological polar surface area (TPSA) is 29.5 Å². The normalized spacial score (nSPS) is 19.0. The van der Waals surface area contributed by atoms with Crippen molar-refractivity contribution in [2.45, 2.75) is 45.5 Å². The fourth-order valence-electron chi connectivity index (χ4n) is 1.85.